The van der Waals surface area contributed by atoms with Gasteiger partial charge in [0.05, 0.1) is 18.2 Å². The number of piperazine rings is 1. The fourth-order valence-corrected chi connectivity index (χ4v) is 4.53. The van der Waals surface area contributed by atoms with Crippen LogP contribution in [0.5, 0.6) is 0 Å². The molecule has 2 aromatic carbocycles. The van der Waals surface area contributed by atoms with Crippen LogP contribution in [0.15, 0.2) is 54.6 Å². The van der Waals surface area contributed by atoms with Gasteiger partial charge in [-0.3, -0.25) is 9.80 Å². The van der Waals surface area contributed by atoms with Crippen molar-refractivity contribution in [3.63, 3.8) is 0 Å². The van der Waals surface area contributed by atoms with E-state index in [1.54, 1.807) is 0 Å². The van der Waals surface area contributed by atoms with Crippen molar-refractivity contribution < 1.29 is 4.74 Å². The molecule has 0 aliphatic carbocycles. The Balaban J connectivity index is 1.45. The van der Waals surface area contributed by atoms with E-state index in [0.29, 0.717) is 12.2 Å². The van der Waals surface area contributed by atoms with Gasteiger partial charge in [-0.1, -0.05) is 54.1 Å². The maximum Gasteiger partial charge on any atom is 0.0706 e. The van der Waals surface area contributed by atoms with Gasteiger partial charge in [0.15, 0.2) is 0 Å². The fraction of sp³-hybridized carbons (Fsp3) is 0.478. The smallest absolute Gasteiger partial charge is 0.0706 e. The number of halogens is 1. The molecule has 27 heavy (non-hydrogen) atoms. The van der Waals surface area contributed by atoms with Gasteiger partial charge in [-0.2, -0.15) is 0 Å². The first-order valence-electron chi connectivity index (χ1n) is 10.1. The van der Waals surface area contributed by atoms with Crippen LogP contribution in [0.4, 0.5) is 0 Å². The monoisotopic (exact) mass is 384 g/mol. The lowest BCUT2D eigenvalue weighted by Crippen LogP contribution is -2.49. The molecule has 0 aromatic heterocycles. The summed E-state index contributed by atoms with van der Waals surface area (Å²) < 4.78 is 6.02. The molecule has 2 fully saturated rings. The van der Waals surface area contributed by atoms with E-state index < -0.39 is 0 Å². The predicted molar refractivity (Wildman–Crippen MR) is 111 cm³/mol. The molecular weight excluding hydrogens is 356 g/mol. The average molecular weight is 385 g/mol. The molecule has 0 N–H and O–H groups in total. The molecule has 2 aromatic rings. The first-order valence-corrected chi connectivity index (χ1v) is 10.5. The summed E-state index contributed by atoms with van der Waals surface area (Å²) in [5.74, 6) is 0. The predicted octanol–water partition coefficient (Wildman–Crippen LogP) is 4.61. The molecule has 2 aliphatic rings. The third kappa shape index (κ3) is 4.72. The van der Waals surface area contributed by atoms with Crippen molar-refractivity contribution in [2.45, 2.75) is 38.0 Å². The van der Waals surface area contributed by atoms with Gasteiger partial charge in [0.25, 0.3) is 0 Å². The molecule has 2 aliphatic heterocycles. The maximum absolute atomic E-state index is 6.13. The quantitative estimate of drug-likeness (QED) is 0.748. The third-order valence-electron chi connectivity index (χ3n) is 5.85. The van der Waals surface area contributed by atoms with Crippen LogP contribution in [0.25, 0.3) is 0 Å². The number of ether oxygens (including phenoxy) is 1. The molecule has 0 radical (unpaired) electrons. The molecular formula is C23H29ClN2O. The average Bonchev–Trinajstić information content (AvgIpc) is 3.10. The molecule has 144 valence electrons. The van der Waals surface area contributed by atoms with Crippen LogP contribution in [0.1, 0.15) is 36.9 Å². The summed E-state index contributed by atoms with van der Waals surface area (Å²) in [6.07, 6.45) is 3.27. The zero-order chi connectivity index (χ0) is 18.6. The topological polar surface area (TPSA) is 15.7 Å². The molecule has 2 saturated heterocycles. The highest BCUT2D eigenvalue weighted by atomic mass is 35.5. The van der Waals surface area contributed by atoms with E-state index >= 15 is 0 Å². The van der Waals surface area contributed by atoms with Crippen LogP contribution < -0.4 is 0 Å². The summed E-state index contributed by atoms with van der Waals surface area (Å²) in [6.45, 7) is 7.62. The van der Waals surface area contributed by atoms with Gasteiger partial charge in [0.2, 0.25) is 0 Å². The van der Waals surface area contributed by atoms with Gasteiger partial charge in [0, 0.05) is 37.7 Å². The number of hydrogen-bond donors (Lipinski definition) is 0. The molecule has 2 heterocycles. The van der Waals surface area contributed by atoms with E-state index in [4.69, 9.17) is 16.3 Å². The zero-order valence-electron chi connectivity index (χ0n) is 16.1. The Morgan fingerprint density at radius 1 is 0.926 bits per heavy atom. The lowest BCUT2D eigenvalue weighted by molar-refractivity contribution is 0.0160. The second-order valence-electron chi connectivity index (χ2n) is 7.85. The highest BCUT2D eigenvalue weighted by Gasteiger charge is 2.29. The van der Waals surface area contributed by atoms with Crippen molar-refractivity contribution in [1.29, 1.82) is 0 Å². The molecule has 1 unspecified atom stereocenters. The van der Waals surface area contributed by atoms with Gasteiger partial charge in [-0.05, 0) is 43.0 Å². The van der Waals surface area contributed by atoms with Crippen LogP contribution in [-0.4, -0.2) is 54.7 Å². The van der Waals surface area contributed by atoms with E-state index in [9.17, 15) is 0 Å². The normalized spacial score (nSPS) is 25.6. The largest absolute Gasteiger partial charge is 0.374 e. The van der Waals surface area contributed by atoms with Crippen molar-refractivity contribution in [3.05, 3.63) is 70.7 Å². The van der Waals surface area contributed by atoms with E-state index in [2.05, 4.69) is 59.2 Å². The van der Waals surface area contributed by atoms with Crippen molar-refractivity contribution in [3.8, 4) is 0 Å². The SMILES string of the molecule is C[C@H]1CCC(CN2CCN([C@H](c3ccccc3)c3ccc(Cl)cc3)CC2)O1. The van der Waals surface area contributed by atoms with E-state index in [-0.39, 0.29) is 6.04 Å². The summed E-state index contributed by atoms with van der Waals surface area (Å²) in [7, 11) is 0. The highest BCUT2D eigenvalue weighted by Crippen LogP contribution is 2.30. The lowest BCUT2D eigenvalue weighted by atomic mass is 9.96. The molecule has 4 heteroatoms. The first-order chi connectivity index (χ1) is 13.2. The van der Waals surface area contributed by atoms with Gasteiger partial charge in [0.1, 0.15) is 0 Å². The summed E-state index contributed by atoms with van der Waals surface area (Å²) in [6, 6.07) is 19.4. The molecule has 0 spiro atoms. The van der Waals surface area contributed by atoms with Crippen LogP contribution in [-0.2, 0) is 4.74 Å². The Morgan fingerprint density at radius 3 is 2.22 bits per heavy atom. The summed E-state index contributed by atoms with van der Waals surface area (Å²) in [4.78, 5) is 5.18. The van der Waals surface area contributed by atoms with Gasteiger partial charge in [-0.25, -0.2) is 0 Å². The Bertz CT molecular complexity index is 713. The minimum Gasteiger partial charge on any atom is -0.374 e. The fourth-order valence-electron chi connectivity index (χ4n) is 4.41. The minimum absolute atomic E-state index is 0.286. The van der Waals surface area contributed by atoms with Gasteiger partial charge in [-0.15, -0.1) is 0 Å². The molecule has 3 atom stereocenters. The van der Waals surface area contributed by atoms with Gasteiger partial charge < -0.3 is 4.74 Å². The molecule has 4 rings (SSSR count). The lowest BCUT2D eigenvalue weighted by Gasteiger charge is -2.40. The standard InChI is InChI=1S/C23H29ClN2O/c1-18-7-12-22(27-18)17-25-13-15-26(16-14-25)23(19-5-3-2-4-6-19)20-8-10-21(24)11-9-20/h2-6,8-11,18,22-23H,7,12-17H2,1H3/t18-,22?,23+/m0/s1. The van der Waals surface area contributed by atoms with Crippen molar-refractivity contribution in [2.24, 2.45) is 0 Å². The zero-order valence-corrected chi connectivity index (χ0v) is 16.8. The van der Waals surface area contributed by atoms with Crippen LogP contribution in [0.2, 0.25) is 5.02 Å². The third-order valence-corrected chi connectivity index (χ3v) is 6.11. The van der Waals surface area contributed by atoms with E-state index in [1.165, 1.54) is 24.0 Å². The molecule has 0 bridgehead atoms. The number of hydrogen-bond acceptors (Lipinski definition) is 3. The van der Waals surface area contributed by atoms with Crippen LogP contribution in [0, 0.1) is 0 Å². The number of benzene rings is 2. The molecule has 0 saturated carbocycles. The Kier molecular flexibility index (Phi) is 6.14. The molecule has 0 amide bonds. The van der Waals surface area contributed by atoms with Crippen molar-refractivity contribution in [2.75, 3.05) is 32.7 Å². The van der Waals surface area contributed by atoms with E-state index in [1.807, 2.05) is 12.1 Å². The minimum atomic E-state index is 0.286. The summed E-state index contributed by atoms with van der Waals surface area (Å²) in [5.41, 5.74) is 2.66. The Morgan fingerprint density at radius 2 is 1.59 bits per heavy atom. The van der Waals surface area contributed by atoms with Crippen molar-refractivity contribution in [1.82, 2.24) is 9.80 Å². The van der Waals surface area contributed by atoms with Crippen molar-refractivity contribution >= 4 is 11.6 Å². The highest BCUT2D eigenvalue weighted by molar-refractivity contribution is 6.30. The Labute approximate surface area is 167 Å². The van der Waals surface area contributed by atoms with Crippen LogP contribution >= 0.6 is 11.6 Å². The summed E-state index contributed by atoms with van der Waals surface area (Å²) in [5, 5.41) is 0.793. The second-order valence-corrected chi connectivity index (χ2v) is 8.28. The first kappa shape index (κ1) is 18.9. The second kappa shape index (κ2) is 8.74. The number of rotatable bonds is 5. The van der Waals surface area contributed by atoms with E-state index in [0.717, 1.165) is 37.7 Å². The number of nitrogens with zero attached hydrogens (tertiary/aromatic N) is 2. The van der Waals surface area contributed by atoms with Gasteiger partial charge >= 0.3 is 0 Å². The Hall–Kier alpha value is -1.39. The maximum atomic E-state index is 6.13. The summed E-state index contributed by atoms with van der Waals surface area (Å²) >= 11 is 6.13. The van der Waals surface area contributed by atoms with Crippen LogP contribution in [0.3, 0.4) is 0 Å². The molecule has 3 nitrogen and oxygen atoms in total.